The van der Waals surface area contributed by atoms with E-state index >= 15 is 0 Å². The molecule has 0 amide bonds. The minimum atomic E-state index is -1.23. The topological polar surface area (TPSA) is 46.5 Å². The average Bonchev–Trinajstić information content (AvgIpc) is 2.23. The number of rotatable bonds is 1. The number of fused-ring (bicyclic) bond motifs is 1. The van der Waals surface area contributed by atoms with Crippen LogP contribution in [0.2, 0.25) is 0 Å². The first-order valence-corrected chi connectivity index (χ1v) is 4.72. The molecule has 0 aromatic heterocycles. The molecule has 3 nitrogen and oxygen atoms in total. The van der Waals surface area contributed by atoms with E-state index in [0.717, 1.165) is 5.56 Å². The van der Waals surface area contributed by atoms with Gasteiger partial charge in [-0.25, -0.2) is 9.18 Å². The molecule has 4 heteroatoms. The van der Waals surface area contributed by atoms with Gasteiger partial charge in [-0.3, -0.25) is 0 Å². The van der Waals surface area contributed by atoms with E-state index in [-0.39, 0.29) is 18.3 Å². The van der Waals surface area contributed by atoms with Crippen LogP contribution in [0.1, 0.15) is 40.7 Å². The highest BCUT2D eigenvalue weighted by atomic mass is 19.1. The van der Waals surface area contributed by atoms with Gasteiger partial charge in [0.15, 0.2) is 0 Å². The predicted molar refractivity (Wildman–Crippen MR) is 51.6 cm³/mol. The summed E-state index contributed by atoms with van der Waals surface area (Å²) in [7, 11) is 0. The summed E-state index contributed by atoms with van der Waals surface area (Å²) in [5.41, 5.74) is 1.29. The van der Waals surface area contributed by atoms with E-state index in [9.17, 15) is 9.18 Å². The van der Waals surface area contributed by atoms with Gasteiger partial charge in [0.1, 0.15) is 6.17 Å². The molecule has 1 aliphatic heterocycles. The number of carboxylic acids is 1. The Morgan fingerprint density at radius 1 is 1.53 bits per heavy atom. The Morgan fingerprint density at radius 2 is 2.27 bits per heavy atom. The van der Waals surface area contributed by atoms with Crippen LogP contribution < -0.4 is 0 Å². The van der Waals surface area contributed by atoms with Gasteiger partial charge in [0, 0.05) is 0 Å². The standard InChI is InChI=1S/C11H11FO3/c1-6-8-3-2-7(11(13)14)4-9(8)10(12)5-15-6/h2-4,6,10H,5H2,1H3,(H,13,14)/t6-,10?/m0/s1. The second kappa shape index (κ2) is 3.62. The molecule has 2 atom stereocenters. The van der Waals surface area contributed by atoms with Crippen molar-refractivity contribution < 1.29 is 19.0 Å². The van der Waals surface area contributed by atoms with Gasteiger partial charge >= 0.3 is 5.97 Å². The third kappa shape index (κ3) is 1.72. The minimum absolute atomic E-state index is 0.00274. The molecule has 15 heavy (non-hydrogen) atoms. The number of alkyl halides is 1. The first-order chi connectivity index (χ1) is 7.09. The van der Waals surface area contributed by atoms with Gasteiger partial charge in [-0.1, -0.05) is 6.07 Å². The maximum atomic E-state index is 13.5. The Balaban J connectivity index is 2.49. The van der Waals surface area contributed by atoms with Crippen LogP contribution in [-0.2, 0) is 4.74 Å². The largest absolute Gasteiger partial charge is 0.478 e. The number of carbonyl (C=O) groups is 1. The number of hydrogen-bond acceptors (Lipinski definition) is 2. The van der Waals surface area contributed by atoms with Gasteiger partial charge in [-0.2, -0.15) is 0 Å². The molecule has 1 N–H and O–H groups in total. The molecule has 0 bridgehead atoms. The van der Waals surface area contributed by atoms with E-state index in [1.165, 1.54) is 12.1 Å². The van der Waals surface area contributed by atoms with E-state index in [2.05, 4.69) is 0 Å². The summed E-state index contributed by atoms with van der Waals surface area (Å²) in [4.78, 5) is 10.7. The van der Waals surface area contributed by atoms with Crippen LogP contribution in [0.3, 0.4) is 0 Å². The van der Waals surface area contributed by atoms with Crippen molar-refractivity contribution in [2.75, 3.05) is 6.61 Å². The Bertz CT molecular complexity index is 403. The molecule has 1 unspecified atom stereocenters. The lowest BCUT2D eigenvalue weighted by atomic mass is 9.95. The maximum Gasteiger partial charge on any atom is 0.335 e. The third-order valence-electron chi connectivity index (χ3n) is 2.60. The highest BCUT2D eigenvalue weighted by Gasteiger charge is 2.25. The highest BCUT2D eigenvalue weighted by molar-refractivity contribution is 5.88. The minimum Gasteiger partial charge on any atom is -0.478 e. The van der Waals surface area contributed by atoms with E-state index in [4.69, 9.17) is 9.84 Å². The SMILES string of the molecule is C[C@@H]1OCC(F)c2cc(C(=O)O)ccc21. The lowest BCUT2D eigenvalue weighted by Gasteiger charge is -2.25. The zero-order valence-electron chi connectivity index (χ0n) is 8.24. The molecule has 1 aromatic rings. The van der Waals surface area contributed by atoms with Crippen LogP contribution in [-0.4, -0.2) is 17.7 Å². The number of ether oxygens (including phenoxy) is 1. The fourth-order valence-corrected chi connectivity index (χ4v) is 1.76. The second-order valence-electron chi connectivity index (χ2n) is 3.59. The number of halogens is 1. The first-order valence-electron chi connectivity index (χ1n) is 4.72. The molecule has 1 aliphatic rings. The van der Waals surface area contributed by atoms with E-state index < -0.39 is 12.1 Å². The van der Waals surface area contributed by atoms with Crippen LogP contribution in [0.4, 0.5) is 4.39 Å². The quantitative estimate of drug-likeness (QED) is 0.774. The smallest absolute Gasteiger partial charge is 0.335 e. The van der Waals surface area contributed by atoms with E-state index in [0.29, 0.717) is 5.56 Å². The van der Waals surface area contributed by atoms with Gasteiger partial charge in [0.2, 0.25) is 0 Å². The molecule has 0 fully saturated rings. The monoisotopic (exact) mass is 210 g/mol. The number of hydrogen-bond donors (Lipinski definition) is 1. The molecular formula is C11H11FO3. The van der Waals surface area contributed by atoms with Crippen molar-refractivity contribution >= 4 is 5.97 Å². The summed E-state index contributed by atoms with van der Waals surface area (Å²) in [6, 6.07) is 4.48. The van der Waals surface area contributed by atoms with Crippen molar-refractivity contribution in [1.29, 1.82) is 0 Å². The van der Waals surface area contributed by atoms with Gasteiger partial charge in [-0.15, -0.1) is 0 Å². The summed E-state index contributed by atoms with van der Waals surface area (Å²) in [5, 5.41) is 8.78. The molecule has 0 spiro atoms. The molecule has 1 heterocycles. The van der Waals surface area contributed by atoms with E-state index in [1.54, 1.807) is 6.07 Å². The van der Waals surface area contributed by atoms with Crippen molar-refractivity contribution in [3.05, 3.63) is 34.9 Å². The molecule has 1 aromatic carbocycles. The van der Waals surface area contributed by atoms with Gasteiger partial charge in [0.05, 0.1) is 18.3 Å². The second-order valence-corrected chi connectivity index (χ2v) is 3.59. The first kappa shape index (κ1) is 10.1. The molecule has 0 saturated heterocycles. The van der Waals surface area contributed by atoms with Crippen molar-refractivity contribution in [3.8, 4) is 0 Å². The summed E-state index contributed by atoms with van der Waals surface area (Å²) >= 11 is 0. The van der Waals surface area contributed by atoms with Crippen LogP contribution in [0.5, 0.6) is 0 Å². The van der Waals surface area contributed by atoms with E-state index in [1.807, 2.05) is 6.92 Å². The van der Waals surface area contributed by atoms with Gasteiger partial charge in [0.25, 0.3) is 0 Å². The summed E-state index contributed by atoms with van der Waals surface area (Å²) in [5.74, 6) is -1.04. The number of carboxylic acid groups (broad SMARTS) is 1. The fraction of sp³-hybridized carbons (Fsp3) is 0.364. The summed E-state index contributed by atoms with van der Waals surface area (Å²) < 4.78 is 18.7. The number of benzene rings is 1. The lowest BCUT2D eigenvalue weighted by molar-refractivity contribution is 0.00906. The molecule has 0 aliphatic carbocycles. The Kier molecular flexibility index (Phi) is 2.44. The number of aromatic carboxylic acids is 1. The van der Waals surface area contributed by atoms with Gasteiger partial charge in [-0.05, 0) is 30.2 Å². The Hall–Kier alpha value is -1.42. The zero-order chi connectivity index (χ0) is 11.0. The van der Waals surface area contributed by atoms with Crippen LogP contribution in [0.25, 0.3) is 0 Å². The predicted octanol–water partition coefficient (Wildman–Crippen LogP) is 2.49. The molecule has 2 rings (SSSR count). The summed E-state index contributed by atoms with van der Waals surface area (Å²) in [6.45, 7) is 1.82. The normalized spacial score (nSPS) is 24.7. The summed E-state index contributed by atoms with van der Waals surface area (Å²) in [6.07, 6.45) is -1.40. The Labute approximate surface area is 86.5 Å². The molecule has 0 radical (unpaired) electrons. The van der Waals surface area contributed by atoms with Crippen LogP contribution >= 0.6 is 0 Å². The molecular weight excluding hydrogens is 199 g/mol. The Morgan fingerprint density at radius 3 is 2.93 bits per heavy atom. The van der Waals surface area contributed by atoms with Crippen molar-refractivity contribution in [3.63, 3.8) is 0 Å². The van der Waals surface area contributed by atoms with Gasteiger partial charge < -0.3 is 9.84 Å². The lowest BCUT2D eigenvalue weighted by Crippen LogP contribution is -2.17. The average molecular weight is 210 g/mol. The molecule has 80 valence electrons. The fourth-order valence-electron chi connectivity index (χ4n) is 1.76. The van der Waals surface area contributed by atoms with Crippen molar-refractivity contribution in [1.82, 2.24) is 0 Å². The van der Waals surface area contributed by atoms with Crippen molar-refractivity contribution in [2.24, 2.45) is 0 Å². The third-order valence-corrected chi connectivity index (χ3v) is 2.60. The van der Waals surface area contributed by atoms with Crippen LogP contribution in [0.15, 0.2) is 18.2 Å². The van der Waals surface area contributed by atoms with Crippen molar-refractivity contribution in [2.45, 2.75) is 19.2 Å². The highest BCUT2D eigenvalue weighted by Crippen LogP contribution is 2.34. The molecule has 0 saturated carbocycles. The zero-order valence-corrected chi connectivity index (χ0v) is 8.24. The van der Waals surface area contributed by atoms with Crippen LogP contribution in [0, 0.1) is 0 Å². The maximum absolute atomic E-state index is 13.5.